The largest absolute Gasteiger partial charge is 0.298 e. The van der Waals surface area contributed by atoms with Crippen molar-refractivity contribution in [2.45, 2.75) is 0 Å². The van der Waals surface area contributed by atoms with E-state index >= 15 is 0 Å². The first-order valence-electron chi connectivity index (χ1n) is 4.73. The predicted octanol–water partition coefficient (Wildman–Crippen LogP) is 2.28. The van der Waals surface area contributed by atoms with Crippen LogP contribution in [-0.4, -0.2) is 18.9 Å². The molecule has 0 aromatic heterocycles. The van der Waals surface area contributed by atoms with Crippen LogP contribution in [0.15, 0.2) is 30.3 Å². The Bertz CT molecular complexity index is 585. The van der Waals surface area contributed by atoms with Crippen LogP contribution in [0, 0.1) is 0 Å². The van der Waals surface area contributed by atoms with Crippen LogP contribution in [0.3, 0.4) is 0 Å². The highest BCUT2D eigenvalue weighted by molar-refractivity contribution is 6.09. The van der Waals surface area contributed by atoms with Gasteiger partial charge in [-0.2, -0.15) is 0 Å². The molecular formula is C13H8O3. The number of aldehydes is 3. The summed E-state index contributed by atoms with van der Waals surface area (Å²) in [6.45, 7) is 0. The van der Waals surface area contributed by atoms with Gasteiger partial charge in [-0.3, -0.25) is 14.4 Å². The van der Waals surface area contributed by atoms with E-state index in [2.05, 4.69) is 0 Å². The molecule has 0 aliphatic rings. The normalized spacial score (nSPS) is 10.0. The van der Waals surface area contributed by atoms with Crippen molar-refractivity contribution in [3.8, 4) is 0 Å². The van der Waals surface area contributed by atoms with E-state index in [-0.39, 0.29) is 16.7 Å². The standard InChI is InChI=1S/C13H8O3/c14-6-10-5-9-3-1-2-4-11(9)13(8-16)12(10)7-15/h1-8H. The smallest absolute Gasteiger partial charge is 0.151 e. The van der Waals surface area contributed by atoms with Crippen molar-refractivity contribution in [1.82, 2.24) is 0 Å². The Kier molecular flexibility index (Phi) is 2.60. The van der Waals surface area contributed by atoms with Gasteiger partial charge < -0.3 is 0 Å². The highest BCUT2D eigenvalue weighted by Gasteiger charge is 2.11. The monoisotopic (exact) mass is 212 g/mol. The molecule has 0 unspecified atom stereocenters. The first kappa shape index (κ1) is 10.2. The molecule has 0 bridgehead atoms. The maximum absolute atomic E-state index is 11.0. The summed E-state index contributed by atoms with van der Waals surface area (Å²) in [5, 5.41) is 1.46. The molecule has 0 heterocycles. The van der Waals surface area contributed by atoms with Crippen LogP contribution >= 0.6 is 0 Å². The van der Waals surface area contributed by atoms with Gasteiger partial charge in [0.2, 0.25) is 0 Å². The third-order valence-corrected chi connectivity index (χ3v) is 2.53. The minimum atomic E-state index is 0.156. The number of carbonyl (C=O) groups is 3. The second kappa shape index (κ2) is 4.06. The molecule has 0 saturated heterocycles. The van der Waals surface area contributed by atoms with Crippen LogP contribution in [0.25, 0.3) is 10.8 Å². The van der Waals surface area contributed by atoms with Crippen molar-refractivity contribution in [2.75, 3.05) is 0 Å². The highest BCUT2D eigenvalue weighted by atomic mass is 16.1. The average Bonchev–Trinajstić information content (AvgIpc) is 2.36. The molecule has 2 rings (SSSR count). The molecule has 78 valence electrons. The molecule has 0 atom stereocenters. The van der Waals surface area contributed by atoms with Crippen LogP contribution in [0.4, 0.5) is 0 Å². The van der Waals surface area contributed by atoms with Gasteiger partial charge in [-0.1, -0.05) is 24.3 Å². The summed E-state index contributed by atoms with van der Waals surface area (Å²) in [5.74, 6) is 0. The Morgan fingerprint density at radius 1 is 0.812 bits per heavy atom. The SMILES string of the molecule is O=Cc1cc2ccccc2c(C=O)c1C=O. The van der Waals surface area contributed by atoms with Crippen molar-refractivity contribution < 1.29 is 14.4 Å². The van der Waals surface area contributed by atoms with Gasteiger partial charge in [0.1, 0.15) is 0 Å². The first-order valence-corrected chi connectivity index (χ1v) is 4.73. The minimum Gasteiger partial charge on any atom is -0.298 e. The van der Waals surface area contributed by atoms with E-state index in [9.17, 15) is 14.4 Å². The van der Waals surface area contributed by atoms with Crippen LogP contribution in [0.5, 0.6) is 0 Å². The Balaban J connectivity index is 2.98. The number of rotatable bonds is 3. The molecule has 0 spiro atoms. The van der Waals surface area contributed by atoms with E-state index in [4.69, 9.17) is 0 Å². The fourth-order valence-electron chi connectivity index (χ4n) is 1.77. The van der Waals surface area contributed by atoms with Crippen molar-refractivity contribution in [1.29, 1.82) is 0 Å². The van der Waals surface area contributed by atoms with Gasteiger partial charge in [0.25, 0.3) is 0 Å². The maximum Gasteiger partial charge on any atom is 0.151 e. The summed E-state index contributed by atoms with van der Waals surface area (Å²) in [4.78, 5) is 32.7. The zero-order valence-electron chi connectivity index (χ0n) is 8.34. The predicted molar refractivity (Wildman–Crippen MR) is 60.1 cm³/mol. The molecule has 2 aromatic carbocycles. The van der Waals surface area contributed by atoms with E-state index in [1.54, 1.807) is 24.3 Å². The van der Waals surface area contributed by atoms with Crippen LogP contribution in [0.1, 0.15) is 31.1 Å². The summed E-state index contributed by atoms with van der Waals surface area (Å²) < 4.78 is 0. The van der Waals surface area contributed by atoms with Crippen LogP contribution < -0.4 is 0 Å². The van der Waals surface area contributed by atoms with Crippen molar-refractivity contribution in [3.63, 3.8) is 0 Å². The van der Waals surface area contributed by atoms with Crippen LogP contribution in [0.2, 0.25) is 0 Å². The molecular weight excluding hydrogens is 204 g/mol. The number of benzene rings is 2. The number of hydrogen-bond donors (Lipinski definition) is 0. The van der Waals surface area contributed by atoms with Crippen molar-refractivity contribution in [3.05, 3.63) is 47.0 Å². The lowest BCUT2D eigenvalue weighted by Crippen LogP contribution is -1.98. The van der Waals surface area contributed by atoms with Gasteiger partial charge in [0, 0.05) is 16.7 Å². The molecule has 0 radical (unpaired) electrons. The molecule has 3 heteroatoms. The van der Waals surface area contributed by atoms with E-state index in [1.807, 2.05) is 6.07 Å². The number of hydrogen-bond acceptors (Lipinski definition) is 3. The van der Waals surface area contributed by atoms with E-state index in [1.165, 1.54) is 0 Å². The lowest BCUT2D eigenvalue weighted by Gasteiger charge is -2.06. The third kappa shape index (κ3) is 1.42. The van der Waals surface area contributed by atoms with Gasteiger partial charge in [-0.15, -0.1) is 0 Å². The molecule has 0 aliphatic heterocycles. The van der Waals surface area contributed by atoms with E-state index < -0.39 is 0 Å². The summed E-state index contributed by atoms with van der Waals surface area (Å²) >= 11 is 0. The molecule has 0 amide bonds. The topological polar surface area (TPSA) is 51.2 Å². The molecule has 0 aliphatic carbocycles. The Morgan fingerprint density at radius 3 is 2.12 bits per heavy atom. The zero-order chi connectivity index (χ0) is 11.5. The fourth-order valence-corrected chi connectivity index (χ4v) is 1.77. The van der Waals surface area contributed by atoms with Gasteiger partial charge in [-0.25, -0.2) is 0 Å². The van der Waals surface area contributed by atoms with Crippen LogP contribution in [-0.2, 0) is 0 Å². The lowest BCUT2D eigenvalue weighted by molar-refractivity contribution is 0.108. The van der Waals surface area contributed by atoms with Gasteiger partial charge in [0.05, 0.1) is 0 Å². The van der Waals surface area contributed by atoms with Gasteiger partial charge in [-0.05, 0) is 16.8 Å². The molecule has 3 nitrogen and oxygen atoms in total. The molecule has 2 aromatic rings. The highest BCUT2D eigenvalue weighted by Crippen LogP contribution is 2.23. The fraction of sp³-hybridized carbons (Fsp3) is 0. The first-order chi connectivity index (χ1) is 7.81. The van der Waals surface area contributed by atoms with Crippen molar-refractivity contribution in [2.24, 2.45) is 0 Å². The second-order valence-corrected chi connectivity index (χ2v) is 3.37. The lowest BCUT2D eigenvalue weighted by atomic mass is 9.96. The Hall–Kier alpha value is -2.29. The minimum absolute atomic E-state index is 0.156. The maximum atomic E-state index is 11.0. The molecule has 0 saturated carbocycles. The summed E-state index contributed by atoms with van der Waals surface area (Å²) in [6, 6.07) is 8.75. The Labute approximate surface area is 91.7 Å². The molecule has 0 fully saturated rings. The average molecular weight is 212 g/mol. The summed E-state index contributed by atoms with van der Waals surface area (Å²) in [6.07, 6.45) is 1.74. The molecule has 16 heavy (non-hydrogen) atoms. The Morgan fingerprint density at radius 2 is 1.50 bits per heavy atom. The van der Waals surface area contributed by atoms with Crippen molar-refractivity contribution >= 4 is 29.6 Å². The third-order valence-electron chi connectivity index (χ3n) is 2.53. The molecule has 0 N–H and O–H groups in total. The van der Waals surface area contributed by atoms with E-state index in [0.717, 1.165) is 5.39 Å². The van der Waals surface area contributed by atoms with Gasteiger partial charge >= 0.3 is 0 Å². The zero-order valence-corrected chi connectivity index (χ0v) is 8.34. The number of carbonyl (C=O) groups excluding carboxylic acids is 3. The van der Waals surface area contributed by atoms with Gasteiger partial charge in [0.15, 0.2) is 18.9 Å². The second-order valence-electron chi connectivity index (χ2n) is 3.37. The number of fused-ring (bicyclic) bond motifs is 1. The quantitative estimate of drug-likeness (QED) is 0.733. The summed E-state index contributed by atoms with van der Waals surface area (Å²) in [5.41, 5.74) is 0.676. The van der Waals surface area contributed by atoms with E-state index in [0.29, 0.717) is 24.2 Å². The summed E-state index contributed by atoms with van der Waals surface area (Å²) in [7, 11) is 0.